The Balaban J connectivity index is 1.27. The third-order valence-electron chi connectivity index (χ3n) is 12.1. The molecular formula is C33H40F5NO6. The molecule has 1 amide bonds. The van der Waals surface area contributed by atoms with Crippen molar-refractivity contribution in [3.8, 4) is 0 Å². The van der Waals surface area contributed by atoms with E-state index in [1.54, 1.807) is 6.92 Å². The molecule has 9 atom stereocenters. The predicted molar refractivity (Wildman–Crippen MR) is 150 cm³/mol. The molecule has 0 spiro atoms. The molecule has 0 bridgehead atoms. The van der Waals surface area contributed by atoms with E-state index >= 15 is 0 Å². The van der Waals surface area contributed by atoms with Gasteiger partial charge >= 0.3 is 11.9 Å². The first-order valence-electron chi connectivity index (χ1n) is 15.8. The van der Waals surface area contributed by atoms with Crippen molar-refractivity contribution in [2.24, 2.45) is 40.4 Å². The summed E-state index contributed by atoms with van der Waals surface area (Å²) in [6.07, 6.45) is 6.19. The topological polar surface area (TPSA) is 110 Å². The summed E-state index contributed by atoms with van der Waals surface area (Å²) in [5.74, 6) is -13.8. The monoisotopic (exact) mass is 641 g/mol. The van der Waals surface area contributed by atoms with Gasteiger partial charge in [-0.15, -0.1) is 0 Å². The number of hydrogen-bond acceptors (Lipinski definition) is 5. The highest BCUT2D eigenvalue weighted by atomic mass is 19.2. The molecule has 0 aromatic heterocycles. The molecule has 0 heterocycles. The van der Waals surface area contributed by atoms with Crippen molar-refractivity contribution >= 4 is 23.6 Å². The van der Waals surface area contributed by atoms with Gasteiger partial charge in [-0.05, 0) is 106 Å². The lowest BCUT2D eigenvalue weighted by Gasteiger charge is -2.61. The van der Waals surface area contributed by atoms with Crippen LogP contribution in [-0.4, -0.2) is 40.9 Å². The summed E-state index contributed by atoms with van der Waals surface area (Å²) < 4.78 is 75.1. The van der Waals surface area contributed by atoms with Crippen LogP contribution in [0.1, 0.15) is 102 Å². The van der Waals surface area contributed by atoms with Crippen LogP contribution in [0.4, 0.5) is 22.0 Å². The summed E-state index contributed by atoms with van der Waals surface area (Å²) in [6, 6.07) is -1.69. The Kier molecular flexibility index (Phi) is 9.09. The van der Waals surface area contributed by atoms with Crippen molar-refractivity contribution in [2.75, 3.05) is 0 Å². The molecule has 1 aromatic rings. The average Bonchev–Trinajstić information content (AvgIpc) is 3.35. The molecular weight excluding hydrogens is 601 g/mol. The highest BCUT2D eigenvalue weighted by molar-refractivity contribution is 5.97. The van der Waals surface area contributed by atoms with Gasteiger partial charge in [0.1, 0.15) is 23.5 Å². The number of nitrogens with one attached hydrogen (secondary N) is 1. The third-order valence-corrected chi connectivity index (χ3v) is 12.1. The number of hydrogen-bond donors (Lipinski definition) is 2. The number of carboxylic acids is 1. The fourth-order valence-corrected chi connectivity index (χ4v) is 9.79. The molecule has 45 heavy (non-hydrogen) atoms. The lowest BCUT2D eigenvalue weighted by molar-refractivity contribution is -0.165. The van der Waals surface area contributed by atoms with Gasteiger partial charge in [0.25, 0.3) is 5.91 Å². The van der Waals surface area contributed by atoms with E-state index in [4.69, 9.17) is 9.84 Å². The van der Waals surface area contributed by atoms with E-state index in [0.717, 1.165) is 44.9 Å². The maximum Gasteiger partial charge on any atom is 0.328 e. The van der Waals surface area contributed by atoms with Crippen LogP contribution in [0.2, 0.25) is 0 Å². The molecule has 0 aliphatic heterocycles. The zero-order valence-corrected chi connectivity index (χ0v) is 25.7. The number of rotatable bonds is 8. The number of halogens is 5. The summed E-state index contributed by atoms with van der Waals surface area (Å²) in [5.41, 5.74) is -1.72. The molecule has 0 radical (unpaired) electrons. The minimum Gasteiger partial charge on any atom is -0.481 e. The maximum atomic E-state index is 14.2. The predicted octanol–water partition coefficient (Wildman–Crippen LogP) is 6.51. The fourth-order valence-electron chi connectivity index (χ4n) is 9.79. The Morgan fingerprint density at radius 1 is 0.844 bits per heavy atom. The van der Waals surface area contributed by atoms with E-state index in [1.807, 2.05) is 5.32 Å². The van der Waals surface area contributed by atoms with Crippen LogP contribution in [0.5, 0.6) is 0 Å². The van der Waals surface area contributed by atoms with Crippen LogP contribution in [0.25, 0.3) is 0 Å². The summed E-state index contributed by atoms with van der Waals surface area (Å²) in [5, 5.41) is 11.1. The lowest BCUT2D eigenvalue weighted by Crippen LogP contribution is -2.54. The summed E-state index contributed by atoms with van der Waals surface area (Å²) in [4.78, 5) is 49.5. The standard InChI is InChI=1S/C33H40F5NO6/c1-15(40)19-6-7-20-18-5-4-16-14-17(10-12-32(16,2)21(18)11-13-33(19,20)3)45-31(44)22(8-9-23(41)42)39-30(43)24-25(34)27(36)29(38)28(37)26(24)35/h16-22H,4-14H2,1-3H3,(H,39,43)(H,41,42)/t16-,17-,18?,19-,20?,21?,22?,32+,33-/m1/s1. The molecule has 4 saturated carbocycles. The minimum atomic E-state index is -2.44. The normalized spacial score (nSPS) is 34.6. The molecule has 0 saturated heterocycles. The van der Waals surface area contributed by atoms with Gasteiger partial charge < -0.3 is 15.2 Å². The number of carbonyl (C=O) groups is 4. The number of fused-ring (bicyclic) bond motifs is 5. The number of ether oxygens (including phenoxy) is 1. The zero-order valence-electron chi connectivity index (χ0n) is 25.7. The average molecular weight is 642 g/mol. The van der Waals surface area contributed by atoms with Crippen LogP contribution in [0, 0.1) is 69.5 Å². The third kappa shape index (κ3) is 5.75. The van der Waals surface area contributed by atoms with Crippen molar-refractivity contribution in [1.82, 2.24) is 5.32 Å². The van der Waals surface area contributed by atoms with E-state index in [-0.39, 0.29) is 28.4 Å². The Bertz CT molecular complexity index is 1370. The second-order valence-electron chi connectivity index (χ2n) is 14.2. The molecule has 4 aliphatic rings. The van der Waals surface area contributed by atoms with Crippen molar-refractivity contribution in [1.29, 1.82) is 0 Å². The number of aliphatic carboxylic acids is 1. The van der Waals surface area contributed by atoms with Crippen LogP contribution >= 0.6 is 0 Å². The molecule has 7 nitrogen and oxygen atoms in total. The number of Topliss-reactive ketones (excluding diaryl/α,β-unsaturated/α-hetero) is 1. The summed E-state index contributed by atoms with van der Waals surface area (Å²) in [7, 11) is 0. The Morgan fingerprint density at radius 2 is 1.44 bits per heavy atom. The number of amides is 1. The summed E-state index contributed by atoms with van der Waals surface area (Å²) in [6.45, 7) is 6.32. The Morgan fingerprint density at radius 3 is 2.07 bits per heavy atom. The van der Waals surface area contributed by atoms with Crippen LogP contribution in [0.15, 0.2) is 0 Å². The van der Waals surface area contributed by atoms with Gasteiger partial charge in [0.15, 0.2) is 23.3 Å². The minimum absolute atomic E-state index is 0.0180. The number of esters is 1. The molecule has 4 fully saturated rings. The highest BCUT2D eigenvalue weighted by Crippen LogP contribution is 2.67. The van der Waals surface area contributed by atoms with Gasteiger partial charge in [0, 0.05) is 12.3 Å². The lowest BCUT2D eigenvalue weighted by atomic mass is 9.44. The van der Waals surface area contributed by atoms with Crippen LogP contribution in [0.3, 0.4) is 0 Å². The quantitative estimate of drug-likeness (QED) is 0.145. The number of benzene rings is 1. The van der Waals surface area contributed by atoms with Gasteiger partial charge in [-0.1, -0.05) is 13.8 Å². The summed E-state index contributed by atoms with van der Waals surface area (Å²) >= 11 is 0. The maximum absolute atomic E-state index is 14.2. The second-order valence-corrected chi connectivity index (χ2v) is 14.2. The van der Waals surface area contributed by atoms with Crippen molar-refractivity contribution in [2.45, 2.75) is 104 Å². The van der Waals surface area contributed by atoms with Crippen molar-refractivity contribution in [3.05, 3.63) is 34.6 Å². The van der Waals surface area contributed by atoms with E-state index in [0.29, 0.717) is 30.6 Å². The number of ketones is 1. The van der Waals surface area contributed by atoms with E-state index < -0.39 is 77.5 Å². The second kappa shape index (κ2) is 12.3. The smallest absolute Gasteiger partial charge is 0.328 e. The van der Waals surface area contributed by atoms with Gasteiger partial charge in [0.05, 0.1) is 0 Å². The number of carboxylic acid groups (broad SMARTS) is 1. The first kappa shape index (κ1) is 33.3. The zero-order chi connectivity index (χ0) is 33.0. The van der Waals surface area contributed by atoms with Gasteiger partial charge in [-0.2, -0.15) is 0 Å². The number of carbonyl (C=O) groups excluding carboxylic acids is 3. The van der Waals surface area contributed by atoms with Crippen molar-refractivity contribution in [3.63, 3.8) is 0 Å². The highest BCUT2D eigenvalue weighted by Gasteiger charge is 2.61. The van der Waals surface area contributed by atoms with Crippen LogP contribution < -0.4 is 5.32 Å². The molecule has 1 aromatic carbocycles. The fraction of sp³-hybridized carbons (Fsp3) is 0.697. The largest absolute Gasteiger partial charge is 0.481 e. The molecule has 4 aliphatic carbocycles. The Hall–Kier alpha value is -3.05. The Labute approximate surface area is 258 Å². The van der Waals surface area contributed by atoms with Gasteiger partial charge in [-0.3, -0.25) is 14.4 Å². The van der Waals surface area contributed by atoms with Crippen molar-refractivity contribution < 1.29 is 51.0 Å². The van der Waals surface area contributed by atoms with Gasteiger partial charge in [0.2, 0.25) is 5.82 Å². The van der Waals surface area contributed by atoms with E-state index in [9.17, 15) is 41.1 Å². The van der Waals surface area contributed by atoms with E-state index in [2.05, 4.69) is 13.8 Å². The first-order chi connectivity index (χ1) is 21.1. The molecule has 12 heteroatoms. The molecule has 248 valence electrons. The van der Waals surface area contributed by atoms with Gasteiger partial charge in [-0.25, -0.2) is 26.7 Å². The molecule has 4 unspecified atom stereocenters. The molecule has 5 rings (SSSR count). The van der Waals surface area contributed by atoms with Crippen LogP contribution in [-0.2, 0) is 19.1 Å². The molecule has 2 N–H and O–H groups in total. The first-order valence-corrected chi connectivity index (χ1v) is 15.8. The van der Waals surface area contributed by atoms with E-state index in [1.165, 1.54) is 0 Å². The SMILES string of the molecule is CC(=O)[C@H]1CCC2C3CC[C@@H]4C[C@H](OC(=O)C(CCC(=O)O)NC(=O)c5c(F)c(F)c(F)c(F)c5F)CC[C@]4(C)C3CC[C@@]21C.